The van der Waals surface area contributed by atoms with Crippen molar-refractivity contribution in [1.29, 1.82) is 0 Å². The molecule has 0 aliphatic heterocycles. The van der Waals surface area contributed by atoms with Gasteiger partial charge in [0.2, 0.25) is 0 Å². The van der Waals surface area contributed by atoms with E-state index in [4.69, 9.17) is 16.0 Å². The monoisotopic (exact) mass is 294 g/mol. The van der Waals surface area contributed by atoms with Gasteiger partial charge in [-0.25, -0.2) is 0 Å². The van der Waals surface area contributed by atoms with Crippen molar-refractivity contribution in [3.05, 3.63) is 30.2 Å². The van der Waals surface area contributed by atoms with Crippen molar-refractivity contribution in [2.75, 3.05) is 0 Å². The summed E-state index contributed by atoms with van der Waals surface area (Å²) in [7, 11) is 0. The van der Waals surface area contributed by atoms with Crippen LogP contribution in [-0.4, -0.2) is 22.7 Å². The van der Waals surface area contributed by atoms with Gasteiger partial charge < -0.3 is 4.42 Å². The fourth-order valence-electron chi connectivity index (χ4n) is 2.28. The van der Waals surface area contributed by atoms with Gasteiger partial charge in [0.25, 0.3) is 0 Å². The summed E-state index contributed by atoms with van der Waals surface area (Å²) in [5.74, 6) is -2.22. The zero-order valence-corrected chi connectivity index (χ0v) is 12.0. The van der Waals surface area contributed by atoms with Crippen molar-refractivity contribution in [1.82, 2.24) is 0 Å². The van der Waals surface area contributed by atoms with E-state index in [1.54, 1.807) is 26.0 Å². The summed E-state index contributed by atoms with van der Waals surface area (Å²) in [6.45, 7) is 3.50. The molecule has 0 saturated heterocycles. The molecule has 1 aliphatic rings. The summed E-state index contributed by atoms with van der Waals surface area (Å²) in [5, 5.41) is -0.828. The largest absolute Gasteiger partial charge is 0.465 e. The summed E-state index contributed by atoms with van der Waals surface area (Å²) in [5.41, 5.74) is -0.614. The van der Waals surface area contributed by atoms with Crippen LogP contribution in [0.5, 0.6) is 0 Å². The molecule has 20 heavy (non-hydrogen) atoms. The number of ketones is 3. The molecule has 2 unspecified atom stereocenters. The highest BCUT2D eigenvalue weighted by atomic mass is 35.5. The van der Waals surface area contributed by atoms with E-state index in [2.05, 4.69) is 0 Å². The molecule has 1 aromatic heterocycles. The highest BCUT2D eigenvalue weighted by Gasteiger charge is 2.48. The Morgan fingerprint density at radius 3 is 2.75 bits per heavy atom. The minimum atomic E-state index is -1.28. The predicted octanol–water partition coefficient (Wildman–Crippen LogP) is 2.65. The standard InChI is InChI=1S/C15H15ClO4/c1-15(2)8-11(18)12(13(19)14(15)16)10(17)6-5-9-4-3-7-20-9/h3-7,12,14H,8H2,1-2H3. The number of furan rings is 1. The van der Waals surface area contributed by atoms with Gasteiger partial charge >= 0.3 is 0 Å². The first kappa shape index (κ1) is 14.7. The maximum absolute atomic E-state index is 12.1. The average molecular weight is 295 g/mol. The zero-order valence-electron chi connectivity index (χ0n) is 11.3. The molecule has 0 aromatic carbocycles. The number of rotatable bonds is 3. The molecule has 0 N–H and O–H groups in total. The second kappa shape index (κ2) is 5.37. The zero-order chi connectivity index (χ0) is 14.9. The second-order valence-electron chi connectivity index (χ2n) is 5.58. The van der Waals surface area contributed by atoms with E-state index in [-0.39, 0.29) is 12.2 Å². The maximum atomic E-state index is 12.1. The smallest absolute Gasteiger partial charge is 0.173 e. The van der Waals surface area contributed by atoms with E-state index in [1.165, 1.54) is 18.4 Å². The first-order chi connectivity index (χ1) is 9.33. The van der Waals surface area contributed by atoms with Gasteiger partial charge in [0.15, 0.2) is 17.3 Å². The minimum absolute atomic E-state index is 0.123. The second-order valence-corrected chi connectivity index (χ2v) is 6.02. The maximum Gasteiger partial charge on any atom is 0.173 e. The number of Topliss-reactive ketones (excluding diaryl/α,β-unsaturated/α-hetero) is 2. The van der Waals surface area contributed by atoms with Crippen molar-refractivity contribution in [3.63, 3.8) is 0 Å². The van der Waals surface area contributed by atoms with Gasteiger partial charge in [-0.3, -0.25) is 14.4 Å². The molecule has 0 amide bonds. The first-order valence-electron chi connectivity index (χ1n) is 6.29. The van der Waals surface area contributed by atoms with Crippen LogP contribution >= 0.6 is 11.6 Å². The molecule has 106 valence electrons. The highest BCUT2D eigenvalue weighted by molar-refractivity contribution is 6.39. The normalized spacial score (nSPS) is 26.1. The molecule has 1 heterocycles. The van der Waals surface area contributed by atoms with E-state index in [0.717, 1.165) is 0 Å². The molecule has 1 aliphatic carbocycles. The van der Waals surface area contributed by atoms with Crippen LogP contribution in [0.1, 0.15) is 26.0 Å². The van der Waals surface area contributed by atoms with Crippen LogP contribution in [0.4, 0.5) is 0 Å². The molecule has 1 aromatic rings. The third kappa shape index (κ3) is 2.75. The van der Waals surface area contributed by atoms with Crippen molar-refractivity contribution in [2.45, 2.75) is 25.6 Å². The summed E-state index contributed by atoms with van der Waals surface area (Å²) in [4.78, 5) is 36.2. The Kier molecular flexibility index (Phi) is 3.95. The van der Waals surface area contributed by atoms with Crippen molar-refractivity contribution >= 4 is 35.0 Å². The Morgan fingerprint density at radius 2 is 2.15 bits per heavy atom. The molecule has 1 saturated carbocycles. The third-order valence-corrected chi connectivity index (χ3v) is 4.22. The number of allylic oxidation sites excluding steroid dienone is 1. The summed E-state index contributed by atoms with van der Waals surface area (Å²) in [6, 6.07) is 3.35. The lowest BCUT2D eigenvalue weighted by Gasteiger charge is -2.35. The van der Waals surface area contributed by atoms with Crippen LogP contribution in [0.25, 0.3) is 6.08 Å². The Hall–Kier alpha value is -1.68. The first-order valence-corrected chi connectivity index (χ1v) is 6.72. The van der Waals surface area contributed by atoms with E-state index in [1.807, 2.05) is 0 Å². The van der Waals surface area contributed by atoms with E-state index < -0.39 is 28.3 Å². The Morgan fingerprint density at radius 1 is 1.45 bits per heavy atom. The summed E-state index contributed by atoms with van der Waals surface area (Å²) in [6.07, 6.45) is 4.23. The lowest BCUT2D eigenvalue weighted by molar-refractivity contribution is -0.143. The van der Waals surface area contributed by atoms with E-state index in [0.29, 0.717) is 5.76 Å². The molecule has 2 atom stereocenters. The van der Waals surface area contributed by atoms with Crippen LogP contribution in [0.3, 0.4) is 0 Å². The summed E-state index contributed by atoms with van der Waals surface area (Å²) >= 11 is 6.07. The Balaban J connectivity index is 2.17. The average Bonchev–Trinajstić information content (AvgIpc) is 2.86. The van der Waals surface area contributed by atoms with Crippen molar-refractivity contribution in [3.8, 4) is 0 Å². The summed E-state index contributed by atoms with van der Waals surface area (Å²) < 4.78 is 5.04. The van der Waals surface area contributed by atoms with Crippen LogP contribution in [0, 0.1) is 11.3 Å². The van der Waals surface area contributed by atoms with Crippen LogP contribution < -0.4 is 0 Å². The van der Waals surface area contributed by atoms with Gasteiger partial charge in [0, 0.05) is 6.42 Å². The predicted molar refractivity (Wildman–Crippen MR) is 74.3 cm³/mol. The molecule has 4 nitrogen and oxygen atoms in total. The highest BCUT2D eigenvalue weighted by Crippen LogP contribution is 2.38. The number of carbonyl (C=O) groups is 3. The van der Waals surface area contributed by atoms with Crippen molar-refractivity contribution < 1.29 is 18.8 Å². The van der Waals surface area contributed by atoms with E-state index >= 15 is 0 Å². The quantitative estimate of drug-likeness (QED) is 0.488. The lowest BCUT2D eigenvalue weighted by Crippen LogP contribution is -2.49. The Labute approximate surface area is 121 Å². The number of hydrogen-bond donors (Lipinski definition) is 0. The molecular weight excluding hydrogens is 280 g/mol. The van der Waals surface area contributed by atoms with Gasteiger partial charge in [-0.15, -0.1) is 11.6 Å². The van der Waals surface area contributed by atoms with Gasteiger partial charge in [0.1, 0.15) is 11.7 Å². The SMILES string of the molecule is CC1(C)CC(=O)C(C(=O)C=Cc2ccco2)C(=O)C1Cl. The number of halogens is 1. The Bertz CT molecular complexity index is 569. The third-order valence-electron chi connectivity index (χ3n) is 3.41. The lowest BCUT2D eigenvalue weighted by atomic mass is 9.70. The van der Waals surface area contributed by atoms with Gasteiger partial charge in [-0.1, -0.05) is 13.8 Å². The number of carbonyl (C=O) groups excluding carboxylic acids is 3. The van der Waals surface area contributed by atoms with Crippen LogP contribution in [0.15, 0.2) is 28.9 Å². The minimum Gasteiger partial charge on any atom is -0.465 e. The molecule has 0 radical (unpaired) electrons. The molecule has 0 spiro atoms. The molecule has 1 fully saturated rings. The molecule has 0 bridgehead atoms. The molecule has 5 heteroatoms. The van der Waals surface area contributed by atoms with Gasteiger partial charge in [0.05, 0.1) is 11.6 Å². The molecular formula is C15H15ClO4. The van der Waals surface area contributed by atoms with Crippen molar-refractivity contribution in [2.24, 2.45) is 11.3 Å². The topological polar surface area (TPSA) is 64.3 Å². The molecule has 2 rings (SSSR count). The van der Waals surface area contributed by atoms with Gasteiger partial charge in [-0.2, -0.15) is 0 Å². The fourth-order valence-corrected chi connectivity index (χ4v) is 2.48. The van der Waals surface area contributed by atoms with Crippen LogP contribution in [-0.2, 0) is 14.4 Å². The van der Waals surface area contributed by atoms with Gasteiger partial charge in [-0.05, 0) is 29.7 Å². The number of hydrogen-bond acceptors (Lipinski definition) is 4. The fraction of sp³-hybridized carbons (Fsp3) is 0.400. The number of alkyl halides is 1. The van der Waals surface area contributed by atoms with E-state index in [9.17, 15) is 14.4 Å². The van der Waals surface area contributed by atoms with Crippen LogP contribution in [0.2, 0.25) is 0 Å².